The van der Waals surface area contributed by atoms with Crippen molar-refractivity contribution in [2.75, 3.05) is 32.8 Å². The van der Waals surface area contributed by atoms with Gasteiger partial charge in [-0.1, -0.05) is 245 Å². The highest BCUT2D eigenvalue weighted by molar-refractivity contribution is 4.83. The average Bonchev–Trinajstić information content (AvgIpc) is 3.11. The van der Waals surface area contributed by atoms with Crippen LogP contribution in [0.4, 0.5) is 0 Å². The second-order valence-electron chi connectivity index (χ2n) is 16.5. The van der Waals surface area contributed by atoms with Crippen LogP contribution in [0.2, 0.25) is 0 Å². The van der Waals surface area contributed by atoms with Gasteiger partial charge in [0, 0.05) is 19.6 Å². The van der Waals surface area contributed by atoms with E-state index in [1.165, 1.54) is 218 Å². The Morgan fingerprint density at radius 2 is 0.520 bits per heavy atom. The van der Waals surface area contributed by atoms with Crippen molar-refractivity contribution in [2.45, 2.75) is 263 Å². The van der Waals surface area contributed by atoms with Gasteiger partial charge in [-0.3, -0.25) is 4.90 Å². The first-order valence-electron chi connectivity index (χ1n) is 23.3. The third-order valence-electron chi connectivity index (χ3n) is 11.3. The summed E-state index contributed by atoms with van der Waals surface area (Å²) in [7, 11) is 0. The number of unbranched alkanes of at least 4 members (excludes halogenated alkanes) is 34. The molecular weight excluding hydrogens is 615 g/mol. The maximum Gasteiger partial charge on any atom is 0.0774 e. The molecule has 0 aliphatic rings. The van der Waals surface area contributed by atoms with Crippen molar-refractivity contribution >= 4 is 0 Å². The number of hydrogen-bond acceptors (Lipinski definition) is 4. The van der Waals surface area contributed by atoms with Crippen molar-refractivity contribution in [2.24, 2.45) is 0 Å². The van der Waals surface area contributed by atoms with E-state index in [0.29, 0.717) is 19.6 Å². The Balaban J connectivity index is 3.92. The Morgan fingerprint density at radius 1 is 0.320 bits per heavy atom. The largest absolute Gasteiger partial charge is 0.395 e. The zero-order valence-corrected chi connectivity index (χ0v) is 34.7. The molecule has 0 heterocycles. The normalized spacial score (nSPS) is 12.1. The summed E-state index contributed by atoms with van der Waals surface area (Å²) in [5.74, 6) is 0. The molecule has 4 nitrogen and oxygen atoms in total. The van der Waals surface area contributed by atoms with Gasteiger partial charge in [0.15, 0.2) is 0 Å². The maximum absolute atomic E-state index is 11.7. The van der Waals surface area contributed by atoms with E-state index >= 15 is 0 Å². The van der Waals surface area contributed by atoms with E-state index in [4.69, 9.17) is 0 Å². The monoisotopic (exact) mass is 710 g/mol. The molecule has 3 N–H and O–H groups in total. The van der Waals surface area contributed by atoms with Crippen LogP contribution in [-0.2, 0) is 0 Å². The minimum Gasteiger partial charge on any atom is -0.395 e. The molecule has 0 unspecified atom stereocenters. The molecule has 0 aromatic carbocycles. The molecule has 0 bridgehead atoms. The lowest BCUT2D eigenvalue weighted by Gasteiger charge is -2.34. The average molecular weight is 710 g/mol. The van der Waals surface area contributed by atoms with Gasteiger partial charge < -0.3 is 15.3 Å². The molecule has 0 aromatic heterocycles. The molecule has 0 aromatic rings. The van der Waals surface area contributed by atoms with Crippen LogP contribution in [0, 0.1) is 0 Å². The van der Waals surface area contributed by atoms with Gasteiger partial charge in [0.2, 0.25) is 0 Å². The summed E-state index contributed by atoms with van der Waals surface area (Å²) in [5.41, 5.74) is -0.700. The number of aliphatic hydroxyl groups excluding tert-OH is 2. The van der Waals surface area contributed by atoms with Crippen LogP contribution in [0.3, 0.4) is 0 Å². The number of nitrogens with zero attached hydrogens (tertiary/aromatic N) is 1. The van der Waals surface area contributed by atoms with E-state index in [9.17, 15) is 15.3 Å². The highest BCUT2D eigenvalue weighted by Crippen LogP contribution is 2.25. The predicted octanol–water partition coefficient (Wildman–Crippen LogP) is 13.9. The molecule has 0 amide bonds. The molecule has 0 saturated carbocycles. The van der Waals surface area contributed by atoms with Gasteiger partial charge >= 0.3 is 0 Å². The Morgan fingerprint density at radius 3 is 0.720 bits per heavy atom. The van der Waals surface area contributed by atoms with Gasteiger partial charge in [-0.15, -0.1) is 0 Å². The first kappa shape index (κ1) is 49.8. The molecule has 302 valence electrons. The summed E-state index contributed by atoms with van der Waals surface area (Å²) in [6, 6.07) is 0. The zero-order chi connectivity index (χ0) is 36.5. The van der Waals surface area contributed by atoms with Gasteiger partial charge in [0.05, 0.1) is 18.8 Å². The van der Waals surface area contributed by atoms with E-state index in [1.807, 2.05) is 0 Å². The molecule has 0 spiro atoms. The van der Waals surface area contributed by atoms with E-state index < -0.39 is 5.60 Å². The SMILES string of the molecule is CCCCCCCCCCCCCCCCCCCCC(O)(CCCCCCCCCCCCCCCCCCCC)CN(CCO)CCO. The standard InChI is InChI=1S/C46H95NO3/c1-3-5-7-9-11-13-15-17-19-21-23-25-27-29-31-33-35-37-39-46(50,45-47(41-43-48)42-44-49)40-38-36-34-32-30-28-26-24-22-20-18-16-14-12-10-8-6-4-2/h48-50H,3-45H2,1-2H3. The number of hydrogen-bond donors (Lipinski definition) is 3. The quantitative estimate of drug-likeness (QED) is 0.0551. The second kappa shape index (κ2) is 41.6. The Hall–Kier alpha value is -0.160. The first-order chi connectivity index (χ1) is 24.6. The Bertz CT molecular complexity index is 568. The van der Waals surface area contributed by atoms with Crippen molar-refractivity contribution < 1.29 is 15.3 Å². The molecule has 0 fully saturated rings. The molecule has 0 rings (SSSR count). The molecular formula is C46H95NO3. The van der Waals surface area contributed by atoms with Gasteiger partial charge in [-0.25, -0.2) is 0 Å². The van der Waals surface area contributed by atoms with Crippen LogP contribution < -0.4 is 0 Å². The molecule has 0 radical (unpaired) electrons. The van der Waals surface area contributed by atoms with Crippen molar-refractivity contribution in [1.82, 2.24) is 4.90 Å². The Labute approximate surface area is 315 Å². The van der Waals surface area contributed by atoms with Crippen LogP contribution in [0.15, 0.2) is 0 Å². The van der Waals surface area contributed by atoms with Crippen molar-refractivity contribution in [3.05, 3.63) is 0 Å². The summed E-state index contributed by atoms with van der Waals surface area (Å²) in [4.78, 5) is 2.06. The van der Waals surface area contributed by atoms with Crippen LogP contribution in [0.5, 0.6) is 0 Å². The van der Waals surface area contributed by atoms with Crippen LogP contribution >= 0.6 is 0 Å². The molecule has 0 saturated heterocycles. The molecule has 4 heteroatoms. The van der Waals surface area contributed by atoms with E-state index in [-0.39, 0.29) is 13.2 Å². The summed E-state index contributed by atoms with van der Waals surface area (Å²) in [6.07, 6.45) is 51.2. The number of aliphatic hydroxyl groups is 3. The highest BCUT2D eigenvalue weighted by atomic mass is 16.3. The summed E-state index contributed by atoms with van der Waals surface area (Å²) in [6.45, 7) is 6.38. The first-order valence-corrected chi connectivity index (χ1v) is 23.3. The van der Waals surface area contributed by atoms with Gasteiger partial charge in [-0.05, 0) is 12.8 Å². The molecule has 50 heavy (non-hydrogen) atoms. The Kier molecular flexibility index (Phi) is 41.5. The summed E-state index contributed by atoms with van der Waals surface area (Å²) >= 11 is 0. The van der Waals surface area contributed by atoms with E-state index in [2.05, 4.69) is 18.7 Å². The smallest absolute Gasteiger partial charge is 0.0774 e. The summed E-state index contributed by atoms with van der Waals surface area (Å²) in [5, 5.41) is 30.8. The lowest BCUT2D eigenvalue weighted by Crippen LogP contribution is -2.45. The van der Waals surface area contributed by atoms with Gasteiger partial charge in [-0.2, -0.15) is 0 Å². The minimum absolute atomic E-state index is 0.0778. The molecule has 0 aliphatic carbocycles. The predicted molar refractivity (Wildman–Crippen MR) is 222 cm³/mol. The second-order valence-corrected chi connectivity index (χ2v) is 16.5. The van der Waals surface area contributed by atoms with E-state index in [1.54, 1.807) is 0 Å². The highest BCUT2D eigenvalue weighted by Gasteiger charge is 2.28. The molecule has 0 aliphatic heterocycles. The van der Waals surface area contributed by atoms with Gasteiger partial charge in [0.1, 0.15) is 0 Å². The fraction of sp³-hybridized carbons (Fsp3) is 1.00. The zero-order valence-electron chi connectivity index (χ0n) is 34.7. The molecule has 0 atom stereocenters. The maximum atomic E-state index is 11.7. The number of rotatable bonds is 44. The van der Waals surface area contributed by atoms with E-state index in [0.717, 1.165) is 25.7 Å². The van der Waals surface area contributed by atoms with Crippen molar-refractivity contribution in [3.63, 3.8) is 0 Å². The van der Waals surface area contributed by atoms with Gasteiger partial charge in [0.25, 0.3) is 0 Å². The minimum atomic E-state index is -0.700. The van der Waals surface area contributed by atoms with Crippen molar-refractivity contribution in [1.29, 1.82) is 0 Å². The fourth-order valence-electron chi connectivity index (χ4n) is 7.96. The lowest BCUT2D eigenvalue weighted by atomic mass is 9.88. The third-order valence-corrected chi connectivity index (χ3v) is 11.3. The van der Waals surface area contributed by atoms with Crippen LogP contribution in [-0.4, -0.2) is 58.7 Å². The fourth-order valence-corrected chi connectivity index (χ4v) is 7.96. The summed E-state index contributed by atoms with van der Waals surface area (Å²) < 4.78 is 0. The van der Waals surface area contributed by atoms with Crippen molar-refractivity contribution in [3.8, 4) is 0 Å². The third kappa shape index (κ3) is 37.6. The van der Waals surface area contributed by atoms with Crippen LogP contribution in [0.25, 0.3) is 0 Å². The van der Waals surface area contributed by atoms with Crippen LogP contribution in [0.1, 0.15) is 258 Å². The topological polar surface area (TPSA) is 63.9 Å². The lowest BCUT2D eigenvalue weighted by molar-refractivity contribution is -0.0209.